The average molecular weight is 204 g/mol. The zero-order chi connectivity index (χ0) is 10.8. The summed E-state index contributed by atoms with van der Waals surface area (Å²) >= 11 is 0. The standard InChI is InChI=1S/C10H12N4O/c1-13-7-12-8(5-11)9(13)6-14-4-2-3-10(14)15/h7H,2-4,6H2,1H3. The Morgan fingerprint density at radius 1 is 1.67 bits per heavy atom. The lowest BCUT2D eigenvalue weighted by Crippen LogP contribution is -2.25. The minimum Gasteiger partial charge on any atom is -0.337 e. The van der Waals surface area contributed by atoms with Gasteiger partial charge in [-0.1, -0.05) is 0 Å². The van der Waals surface area contributed by atoms with Crippen LogP contribution in [0.15, 0.2) is 6.33 Å². The molecule has 0 bridgehead atoms. The van der Waals surface area contributed by atoms with Crippen molar-refractivity contribution in [2.24, 2.45) is 7.05 Å². The van der Waals surface area contributed by atoms with Gasteiger partial charge in [-0.2, -0.15) is 5.26 Å². The van der Waals surface area contributed by atoms with Crippen LogP contribution >= 0.6 is 0 Å². The predicted molar refractivity (Wildman–Crippen MR) is 52.6 cm³/mol. The number of nitrogens with zero attached hydrogens (tertiary/aromatic N) is 4. The maximum Gasteiger partial charge on any atom is 0.222 e. The molecule has 0 aromatic carbocycles. The average Bonchev–Trinajstić information content (AvgIpc) is 2.77. The molecular formula is C10H12N4O. The number of nitriles is 1. The van der Waals surface area contributed by atoms with Crippen LogP contribution in [0.3, 0.4) is 0 Å². The third kappa shape index (κ3) is 1.71. The van der Waals surface area contributed by atoms with E-state index >= 15 is 0 Å². The van der Waals surface area contributed by atoms with Gasteiger partial charge in [-0.15, -0.1) is 0 Å². The molecule has 2 heterocycles. The lowest BCUT2D eigenvalue weighted by Gasteiger charge is -2.15. The molecule has 0 saturated carbocycles. The highest BCUT2D eigenvalue weighted by Gasteiger charge is 2.22. The summed E-state index contributed by atoms with van der Waals surface area (Å²) in [4.78, 5) is 17.2. The SMILES string of the molecule is Cn1cnc(C#N)c1CN1CCCC1=O. The number of likely N-dealkylation sites (tertiary alicyclic amines) is 1. The number of aromatic nitrogens is 2. The van der Waals surface area contributed by atoms with Crippen molar-refractivity contribution in [1.82, 2.24) is 14.5 Å². The molecule has 0 radical (unpaired) electrons. The topological polar surface area (TPSA) is 61.9 Å². The molecule has 1 aromatic rings. The molecule has 1 aromatic heterocycles. The van der Waals surface area contributed by atoms with Gasteiger partial charge in [-0.3, -0.25) is 4.79 Å². The zero-order valence-electron chi connectivity index (χ0n) is 8.60. The first kappa shape index (κ1) is 9.71. The monoisotopic (exact) mass is 204 g/mol. The molecule has 1 aliphatic heterocycles. The molecule has 1 fully saturated rings. The normalized spacial score (nSPS) is 15.7. The van der Waals surface area contributed by atoms with E-state index in [2.05, 4.69) is 4.98 Å². The van der Waals surface area contributed by atoms with Crippen LogP contribution in [0, 0.1) is 11.3 Å². The van der Waals surface area contributed by atoms with Crippen LogP contribution in [0.25, 0.3) is 0 Å². The number of rotatable bonds is 2. The summed E-state index contributed by atoms with van der Waals surface area (Å²) in [7, 11) is 1.84. The summed E-state index contributed by atoms with van der Waals surface area (Å²) in [6.45, 7) is 1.28. The van der Waals surface area contributed by atoms with Crippen molar-refractivity contribution in [3.63, 3.8) is 0 Å². The number of hydrogen-bond donors (Lipinski definition) is 0. The Kier molecular flexibility index (Phi) is 2.42. The van der Waals surface area contributed by atoms with Crippen molar-refractivity contribution in [3.8, 4) is 6.07 Å². The highest BCUT2D eigenvalue weighted by molar-refractivity contribution is 5.78. The Labute approximate surface area is 87.9 Å². The second kappa shape index (κ2) is 3.73. The minimum absolute atomic E-state index is 0.167. The van der Waals surface area contributed by atoms with Crippen LogP contribution < -0.4 is 0 Å². The van der Waals surface area contributed by atoms with Crippen molar-refractivity contribution < 1.29 is 4.79 Å². The number of aryl methyl sites for hydroxylation is 1. The molecule has 1 aliphatic rings. The molecular weight excluding hydrogens is 192 g/mol. The second-order valence-corrected chi connectivity index (χ2v) is 3.68. The van der Waals surface area contributed by atoms with Gasteiger partial charge in [0.2, 0.25) is 5.91 Å². The van der Waals surface area contributed by atoms with E-state index in [0.29, 0.717) is 18.7 Å². The molecule has 0 N–H and O–H groups in total. The van der Waals surface area contributed by atoms with E-state index < -0.39 is 0 Å². The van der Waals surface area contributed by atoms with Gasteiger partial charge >= 0.3 is 0 Å². The van der Waals surface area contributed by atoms with Crippen molar-refractivity contribution >= 4 is 5.91 Å². The van der Waals surface area contributed by atoms with Gasteiger partial charge in [0.1, 0.15) is 6.07 Å². The molecule has 1 amide bonds. The van der Waals surface area contributed by atoms with Gasteiger partial charge in [-0.05, 0) is 6.42 Å². The van der Waals surface area contributed by atoms with E-state index in [1.165, 1.54) is 0 Å². The first-order valence-corrected chi connectivity index (χ1v) is 4.90. The van der Waals surface area contributed by atoms with Gasteiger partial charge < -0.3 is 9.47 Å². The van der Waals surface area contributed by atoms with Gasteiger partial charge in [0.15, 0.2) is 5.69 Å². The smallest absolute Gasteiger partial charge is 0.222 e. The van der Waals surface area contributed by atoms with Crippen LogP contribution in [0.5, 0.6) is 0 Å². The number of carbonyl (C=O) groups excluding carboxylic acids is 1. The summed E-state index contributed by atoms with van der Waals surface area (Å²) in [5.74, 6) is 0.167. The molecule has 5 heteroatoms. The summed E-state index contributed by atoms with van der Waals surface area (Å²) in [6, 6.07) is 2.04. The molecule has 0 unspecified atom stereocenters. The Morgan fingerprint density at radius 2 is 2.47 bits per heavy atom. The third-order valence-electron chi connectivity index (χ3n) is 2.68. The van der Waals surface area contributed by atoms with Crippen LogP contribution in [-0.4, -0.2) is 26.9 Å². The molecule has 0 atom stereocenters. The minimum atomic E-state index is 0.167. The van der Waals surface area contributed by atoms with E-state index in [4.69, 9.17) is 5.26 Å². The van der Waals surface area contributed by atoms with Crippen LogP contribution in [-0.2, 0) is 18.4 Å². The molecule has 0 spiro atoms. The van der Waals surface area contributed by atoms with E-state index in [0.717, 1.165) is 18.7 Å². The maximum atomic E-state index is 11.4. The predicted octanol–water partition coefficient (Wildman–Crippen LogP) is 0.414. The van der Waals surface area contributed by atoms with E-state index in [1.54, 1.807) is 15.8 Å². The lowest BCUT2D eigenvalue weighted by molar-refractivity contribution is -0.128. The largest absolute Gasteiger partial charge is 0.337 e. The van der Waals surface area contributed by atoms with Crippen LogP contribution in [0.1, 0.15) is 24.2 Å². The first-order chi connectivity index (χ1) is 7.22. The number of imidazole rings is 1. The molecule has 0 aliphatic carbocycles. The first-order valence-electron chi connectivity index (χ1n) is 4.90. The molecule has 2 rings (SSSR count). The van der Waals surface area contributed by atoms with Gasteiger partial charge in [-0.25, -0.2) is 4.98 Å². The quantitative estimate of drug-likeness (QED) is 0.701. The summed E-state index contributed by atoms with van der Waals surface area (Å²) in [6.07, 6.45) is 3.15. The van der Waals surface area contributed by atoms with Crippen molar-refractivity contribution in [2.75, 3.05) is 6.54 Å². The number of amides is 1. The van der Waals surface area contributed by atoms with Crippen LogP contribution in [0.2, 0.25) is 0 Å². The number of hydrogen-bond acceptors (Lipinski definition) is 3. The molecule has 78 valence electrons. The Balaban J connectivity index is 2.20. The highest BCUT2D eigenvalue weighted by Crippen LogP contribution is 2.15. The maximum absolute atomic E-state index is 11.4. The summed E-state index contributed by atoms with van der Waals surface area (Å²) in [5, 5.41) is 8.84. The van der Waals surface area contributed by atoms with Crippen molar-refractivity contribution in [2.45, 2.75) is 19.4 Å². The zero-order valence-corrected chi connectivity index (χ0v) is 8.60. The second-order valence-electron chi connectivity index (χ2n) is 3.68. The highest BCUT2D eigenvalue weighted by atomic mass is 16.2. The van der Waals surface area contributed by atoms with Crippen molar-refractivity contribution in [1.29, 1.82) is 5.26 Å². The Bertz CT molecular complexity index is 429. The van der Waals surface area contributed by atoms with E-state index in [9.17, 15) is 4.79 Å². The fourth-order valence-corrected chi connectivity index (χ4v) is 1.79. The summed E-state index contributed by atoms with van der Waals surface area (Å²) in [5.41, 5.74) is 1.23. The third-order valence-corrected chi connectivity index (χ3v) is 2.68. The van der Waals surface area contributed by atoms with Gasteiger partial charge in [0.05, 0.1) is 18.6 Å². The lowest BCUT2D eigenvalue weighted by atomic mass is 10.3. The molecule has 5 nitrogen and oxygen atoms in total. The van der Waals surface area contributed by atoms with E-state index in [-0.39, 0.29) is 5.91 Å². The molecule has 15 heavy (non-hydrogen) atoms. The van der Waals surface area contributed by atoms with E-state index in [1.807, 2.05) is 13.1 Å². The van der Waals surface area contributed by atoms with Gasteiger partial charge in [0, 0.05) is 20.0 Å². The summed E-state index contributed by atoms with van der Waals surface area (Å²) < 4.78 is 1.80. The van der Waals surface area contributed by atoms with Gasteiger partial charge in [0.25, 0.3) is 0 Å². The fraction of sp³-hybridized carbons (Fsp3) is 0.500. The Hall–Kier alpha value is -1.83. The van der Waals surface area contributed by atoms with Crippen molar-refractivity contribution in [3.05, 3.63) is 17.7 Å². The van der Waals surface area contributed by atoms with Crippen LogP contribution in [0.4, 0.5) is 0 Å². The Morgan fingerprint density at radius 3 is 3.07 bits per heavy atom. The fourth-order valence-electron chi connectivity index (χ4n) is 1.79. The number of carbonyl (C=O) groups is 1. The molecule has 1 saturated heterocycles.